The highest BCUT2D eigenvalue weighted by molar-refractivity contribution is 5.94. The second-order valence-corrected chi connectivity index (χ2v) is 4.67. The van der Waals surface area contributed by atoms with Gasteiger partial charge < -0.3 is 25.2 Å². The summed E-state index contributed by atoms with van der Waals surface area (Å²) in [7, 11) is 1.32. The number of aliphatic carboxylic acids is 1. The Labute approximate surface area is 119 Å². The van der Waals surface area contributed by atoms with Gasteiger partial charge in [0.15, 0.2) is 0 Å². The normalized spacial score (nSPS) is 21.2. The highest BCUT2D eigenvalue weighted by Gasteiger charge is 2.39. The smallest absolute Gasteiger partial charge is 0.326 e. The highest BCUT2D eigenvalue weighted by atomic mass is 19.1. The van der Waals surface area contributed by atoms with Gasteiger partial charge in [0, 0.05) is 19.0 Å². The van der Waals surface area contributed by atoms with Crippen molar-refractivity contribution in [3.8, 4) is 5.75 Å². The summed E-state index contributed by atoms with van der Waals surface area (Å²) in [5.41, 5.74) is 0.217. The number of urea groups is 1. The van der Waals surface area contributed by atoms with E-state index in [4.69, 9.17) is 9.84 Å². The molecule has 8 heteroatoms. The van der Waals surface area contributed by atoms with Gasteiger partial charge in [-0.1, -0.05) is 0 Å². The van der Waals surface area contributed by atoms with E-state index in [-0.39, 0.29) is 24.4 Å². The summed E-state index contributed by atoms with van der Waals surface area (Å²) < 4.78 is 18.0. The molecule has 3 N–H and O–H groups in total. The number of likely N-dealkylation sites (tertiary alicyclic amines) is 1. The van der Waals surface area contributed by atoms with Crippen LogP contribution in [0.4, 0.5) is 14.9 Å². The lowest BCUT2D eigenvalue weighted by Gasteiger charge is -2.22. The van der Waals surface area contributed by atoms with Crippen molar-refractivity contribution in [1.29, 1.82) is 0 Å². The third kappa shape index (κ3) is 3.22. The van der Waals surface area contributed by atoms with E-state index >= 15 is 0 Å². The molecular formula is C13H15FN2O5. The number of amides is 2. The Balaban J connectivity index is 2.16. The fourth-order valence-corrected chi connectivity index (χ4v) is 2.23. The van der Waals surface area contributed by atoms with Crippen LogP contribution in [0.3, 0.4) is 0 Å². The van der Waals surface area contributed by atoms with Crippen molar-refractivity contribution in [2.75, 3.05) is 19.0 Å². The van der Waals surface area contributed by atoms with Crippen LogP contribution in [0, 0.1) is 5.82 Å². The molecule has 1 heterocycles. The molecule has 2 rings (SSSR count). The van der Waals surface area contributed by atoms with Crippen LogP contribution in [0.2, 0.25) is 0 Å². The number of nitrogens with zero attached hydrogens (tertiary/aromatic N) is 1. The number of benzene rings is 1. The predicted octanol–water partition coefficient (Wildman–Crippen LogP) is 0.886. The first-order valence-corrected chi connectivity index (χ1v) is 6.24. The van der Waals surface area contributed by atoms with E-state index in [1.807, 2.05) is 0 Å². The number of carboxylic acids is 1. The molecule has 1 aliphatic rings. The number of carboxylic acid groups (broad SMARTS) is 1. The summed E-state index contributed by atoms with van der Waals surface area (Å²) in [4.78, 5) is 24.2. The van der Waals surface area contributed by atoms with Crippen LogP contribution in [-0.2, 0) is 4.79 Å². The number of carbonyl (C=O) groups is 2. The SMILES string of the molecule is COc1cc(F)ccc1NC(=O)N1C[C@H](O)C[C@@H]1C(=O)O. The summed E-state index contributed by atoms with van der Waals surface area (Å²) in [5, 5.41) is 21.0. The van der Waals surface area contributed by atoms with Gasteiger partial charge in [-0.3, -0.25) is 0 Å². The van der Waals surface area contributed by atoms with Crippen LogP contribution in [0.25, 0.3) is 0 Å². The first kappa shape index (κ1) is 15.0. The van der Waals surface area contributed by atoms with Gasteiger partial charge in [-0.2, -0.15) is 0 Å². The maximum atomic E-state index is 13.1. The van der Waals surface area contributed by atoms with Gasteiger partial charge in [-0.15, -0.1) is 0 Å². The first-order valence-electron chi connectivity index (χ1n) is 6.24. The lowest BCUT2D eigenvalue weighted by atomic mass is 10.2. The zero-order valence-corrected chi connectivity index (χ0v) is 11.2. The molecule has 1 fully saturated rings. The molecule has 1 aliphatic heterocycles. The van der Waals surface area contributed by atoms with E-state index in [9.17, 15) is 19.1 Å². The van der Waals surface area contributed by atoms with Gasteiger partial charge in [-0.05, 0) is 12.1 Å². The number of nitrogens with one attached hydrogen (secondary N) is 1. The zero-order valence-electron chi connectivity index (χ0n) is 11.2. The molecule has 0 radical (unpaired) electrons. The molecule has 1 aromatic carbocycles. The van der Waals surface area contributed by atoms with Crippen LogP contribution in [-0.4, -0.2) is 52.9 Å². The van der Waals surface area contributed by atoms with E-state index in [0.717, 1.165) is 17.0 Å². The number of carbonyl (C=O) groups excluding carboxylic acids is 1. The van der Waals surface area contributed by atoms with Crippen LogP contribution >= 0.6 is 0 Å². The van der Waals surface area contributed by atoms with Gasteiger partial charge in [-0.25, -0.2) is 14.0 Å². The second-order valence-electron chi connectivity index (χ2n) is 4.67. The number of hydrogen-bond donors (Lipinski definition) is 3. The van der Waals surface area contributed by atoms with Crippen molar-refractivity contribution in [2.24, 2.45) is 0 Å². The fraction of sp³-hybridized carbons (Fsp3) is 0.385. The first-order chi connectivity index (χ1) is 9.92. The Morgan fingerprint density at radius 3 is 2.81 bits per heavy atom. The third-order valence-corrected chi connectivity index (χ3v) is 3.23. The van der Waals surface area contributed by atoms with E-state index in [2.05, 4.69) is 5.32 Å². The minimum absolute atomic E-state index is 0.0245. The number of β-amino-alcohol motifs (C(OH)–C–C–N with tert-alkyl or cyclic N) is 1. The average molecular weight is 298 g/mol. The number of rotatable bonds is 3. The fourth-order valence-electron chi connectivity index (χ4n) is 2.23. The number of anilines is 1. The van der Waals surface area contributed by atoms with Crippen LogP contribution in [0.15, 0.2) is 18.2 Å². The number of hydrogen-bond acceptors (Lipinski definition) is 4. The summed E-state index contributed by atoms with van der Waals surface area (Å²) in [5.74, 6) is -1.59. The molecule has 0 bridgehead atoms. The topological polar surface area (TPSA) is 99.1 Å². The van der Waals surface area contributed by atoms with E-state index in [1.165, 1.54) is 13.2 Å². The van der Waals surface area contributed by atoms with Crippen molar-refractivity contribution in [3.05, 3.63) is 24.0 Å². The van der Waals surface area contributed by atoms with E-state index in [1.54, 1.807) is 0 Å². The number of ether oxygens (including phenoxy) is 1. The van der Waals surface area contributed by atoms with Crippen molar-refractivity contribution in [2.45, 2.75) is 18.6 Å². The summed E-state index contributed by atoms with van der Waals surface area (Å²) >= 11 is 0. The van der Waals surface area contributed by atoms with Crippen molar-refractivity contribution >= 4 is 17.7 Å². The molecule has 0 aromatic heterocycles. The maximum Gasteiger partial charge on any atom is 0.326 e. The average Bonchev–Trinajstić information content (AvgIpc) is 2.83. The lowest BCUT2D eigenvalue weighted by molar-refractivity contribution is -0.141. The van der Waals surface area contributed by atoms with Crippen LogP contribution < -0.4 is 10.1 Å². The summed E-state index contributed by atoms with van der Waals surface area (Å²) in [6.07, 6.45) is -0.907. The lowest BCUT2D eigenvalue weighted by Crippen LogP contribution is -2.43. The van der Waals surface area contributed by atoms with Gasteiger partial charge in [0.05, 0.1) is 18.9 Å². The number of aliphatic hydroxyl groups excluding tert-OH is 1. The Morgan fingerprint density at radius 1 is 1.48 bits per heavy atom. The monoisotopic (exact) mass is 298 g/mol. The zero-order chi connectivity index (χ0) is 15.6. The van der Waals surface area contributed by atoms with E-state index < -0.39 is 30.0 Å². The molecule has 1 aromatic rings. The van der Waals surface area contributed by atoms with Crippen molar-refractivity contribution < 1.29 is 28.9 Å². The van der Waals surface area contributed by atoms with Gasteiger partial charge in [0.2, 0.25) is 0 Å². The molecular weight excluding hydrogens is 283 g/mol. The van der Waals surface area contributed by atoms with Crippen molar-refractivity contribution in [1.82, 2.24) is 4.90 Å². The molecule has 0 aliphatic carbocycles. The minimum atomic E-state index is -1.19. The predicted molar refractivity (Wildman–Crippen MR) is 70.7 cm³/mol. The second kappa shape index (κ2) is 5.96. The van der Waals surface area contributed by atoms with Gasteiger partial charge >= 0.3 is 12.0 Å². The number of halogens is 1. The van der Waals surface area contributed by atoms with Crippen LogP contribution in [0.1, 0.15) is 6.42 Å². The van der Waals surface area contributed by atoms with Gasteiger partial charge in [0.1, 0.15) is 17.6 Å². The minimum Gasteiger partial charge on any atom is -0.494 e. The molecule has 0 unspecified atom stereocenters. The molecule has 21 heavy (non-hydrogen) atoms. The Kier molecular flexibility index (Phi) is 4.27. The Bertz CT molecular complexity index is 565. The number of methoxy groups -OCH3 is 1. The van der Waals surface area contributed by atoms with E-state index in [0.29, 0.717) is 0 Å². The summed E-state index contributed by atoms with van der Waals surface area (Å²) in [6.45, 7) is -0.0771. The highest BCUT2D eigenvalue weighted by Crippen LogP contribution is 2.26. The Morgan fingerprint density at radius 2 is 2.19 bits per heavy atom. The molecule has 1 saturated heterocycles. The molecule has 2 amide bonds. The Hall–Kier alpha value is -2.35. The number of aliphatic hydroxyl groups is 1. The van der Waals surface area contributed by atoms with Gasteiger partial charge in [0.25, 0.3) is 0 Å². The standard InChI is InChI=1S/C13H15FN2O5/c1-21-11-4-7(14)2-3-9(11)15-13(20)16-6-8(17)5-10(16)12(18)19/h2-4,8,10,17H,5-6H2,1H3,(H,15,20)(H,18,19)/t8-,10-/m1/s1. The molecule has 0 spiro atoms. The van der Waals surface area contributed by atoms with Crippen LogP contribution in [0.5, 0.6) is 5.75 Å². The largest absolute Gasteiger partial charge is 0.494 e. The molecule has 114 valence electrons. The quantitative estimate of drug-likeness (QED) is 0.769. The summed E-state index contributed by atoms with van der Waals surface area (Å²) in [6, 6.07) is 1.78. The third-order valence-electron chi connectivity index (χ3n) is 3.23. The van der Waals surface area contributed by atoms with Crippen molar-refractivity contribution in [3.63, 3.8) is 0 Å². The molecule has 2 atom stereocenters. The maximum absolute atomic E-state index is 13.1. The molecule has 7 nitrogen and oxygen atoms in total. The molecule has 0 saturated carbocycles.